The molecule has 1 aliphatic rings. The second kappa shape index (κ2) is 12.2. The van der Waals surface area contributed by atoms with Gasteiger partial charge in [0.05, 0.1) is 17.8 Å². The van der Waals surface area contributed by atoms with Crippen LogP contribution in [0.25, 0.3) is 0 Å². The van der Waals surface area contributed by atoms with E-state index < -0.39 is 11.9 Å². The molecular weight excluding hydrogens is 496 g/mol. The third-order valence-corrected chi connectivity index (χ3v) is 6.83. The summed E-state index contributed by atoms with van der Waals surface area (Å²) in [6.45, 7) is 6.42. The van der Waals surface area contributed by atoms with Crippen LogP contribution < -0.4 is 16.0 Å². The van der Waals surface area contributed by atoms with Crippen molar-refractivity contribution in [1.82, 2.24) is 14.9 Å². The summed E-state index contributed by atoms with van der Waals surface area (Å²) in [6.07, 6.45) is 4.51. The van der Waals surface area contributed by atoms with Gasteiger partial charge in [0.15, 0.2) is 11.5 Å². The molecule has 0 saturated carbocycles. The molecule has 39 heavy (non-hydrogen) atoms. The maximum Gasteiger partial charge on any atom is 0.338 e. The molecule has 2 aromatic carbocycles. The van der Waals surface area contributed by atoms with Gasteiger partial charge >= 0.3 is 5.97 Å². The van der Waals surface area contributed by atoms with E-state index in [2.05, 4.69) is 21.9 Å². The Kier molecular flexibility index (Phi) is 8.55. The standard InChI is InChI=1S/C29H32N6O4/c1-4-25(36)35-15-9-14-23(19(35)2)34(3)24-17-31-26(27(30)37)28(33-24)32-22-13-8-12-21(16-22)29(38)39-18-20-10-6-5-7-11-20/h4-8,10-13,16-17,19,23H,1,9,14-15,18H2,2-3H3,(H2,30,37)(H,32,33)/t19-,23-/m1/s1. The summed E-state index contributed by atoms with van der Waals surface area (Å²) in [4.78, 5) is 49.8. The highest BCUT2D eigenvalue weighted by molar-refractivity contribution is 5.97. The van der Waals surface area contributed by atoms with Crippen LogP contribution in [-0.2, 0) is 16.1 Å². The number of nitrogens with one attached hydrogen (secondary N) is 1. The Morgan fingerprint density at radius 3 is 2.69 bits per heavy atom. The predicted octanol–water partition coefficient (Wildman–Crippen LogP) is 3.68. The third kappa shape index (κ3) is 6.40. The van der Waals surface area contributed by atoms with Crippen molar-refractivity contribution >= 4 is 35.1 Å². The van der Waals surface area contributed by atoms with Crippen LogP contribution in [0.15, 0.2) is 73.4 Å². The number of ether oxygens (including phenoxy) is 1. The van der Waals surface area contributed by atoms with Crippen molar-refractivity contribution < 1.29 is 19.1 Å². The molecule has 1 aromatic heterocycles. The summed E-state index contributed by atoms with van der Waals surface area (Å²) in [5.74, 6) is -0.677. The molecule has 2 heterocycles. The van der Waals surface area contributed by atoms with E-state index >= 15 is 0 Å². The Labute approximate surface area is 227 Å². The number of amides is 2. The van der Waals surface area contributed by atoms with Gasteiger partial charge in [-0.25, -0.2) is 14.8 Å². The molecule has 10 nitrogen and oxygen atoms in total. The minimum absolute atomic E-state index is 0.0214. The normalized spacial score (nSPS) is 16.7. The lowest BCUT2D eigenvalue weighted by Gasteiger charge is -2.43. The van der Waals surface area contributed by atoms with E-state index in [0.717, 1.165) is 18.4 Å². The average Bonchev–Trinajstić information content (AvgIpc) is 2.95. The van der Waals surface area contributed by atoms with Gasteiger partial charge in [0.25, 0.3) is 5.91 Å². The van der Waals surface area contributed by atoms with E-state index in [1.807, 2.05) is 49.2 Å². The molecule has 0 radical (unpaired) electrons. The molecule has 2 atom stereocenters. The number of aromatic nitrogens is 2. The van der Waals surface area contributed by atoms with Crippen molar-refractivity contribution in [3.8, 4) is 0 Å². The molecule has 3 N–H and O–H groups in total. The molecular formula is C29H32N6O4. The van der Waals surface area contributed by atoms with Gasteiger partial charge in [0, 0.05) is 25.3 Å². The molecule has 10 heteroatoms. The fraction of sp³-hybridized carbons (Fsp3) is 0.276. The minimum atomic E-state index is -0.744. The fourth-order valence-corrected chi connectivity index (χ4v) is 4.72. The molecule has 1 fully saturated rings. The zero-order valence-corrected chi connectivity index (χ0v) is 22.0. The largest absolute Gasteiger partial charge is 0.457 e. The fourth-order valence-electron chi connectivity index (χ4n) is 4.72. The first-order valence-electron chi connectivity index (χ1n) is 12.7. The predicted molar refractivity (Wildman–Crippen MR) is 149 cm³/mol. The molecule has 1 saturated heterocycles. The summed E-state index contributed by atoms with van der Waals surface area (Å²) < 4.78 is 5.43. The topological polar surface area (TPSA) is 131 Å². The molecule has 202 valence electrons. The highest BCUT2D eigenvalue weighted by Crippen LogP contribution is 2.27. The van der Waals surface area contributed by atoms with E-state index in [1.54, 1.807) is 29.2 Å². The molecule has 0 spiro atoms. The second-order valence-corrected chi connectivity index (χ2v) is 9.35. The highest BCUT2D eigenvalue weighted by Gasteiger charge is 2.33. The average molecular weight is 529 g/mol. The van der Waals surface area contributed by atoms with Crippen molar-refractivity contribution in [1.29, 1.82) is 0 Å². The first-order valence-corrected chi connectivity index (χ1v) is 12.7. The molecule has 2 amide bonds. The summed E-state index contributed by atoms with van der Waals surface area (Å²) >= 11 is 0. The SMILES string of the molecule is C=CC(=O)N1CCC[C@@H](N(C)c2cnc(C(N)=O)c(Nc3cccc(C(=O)OCc4ccccc4)c3)n2)[C@H]1C. The number of hydrogen-bond acceptors (Lipinski definition) is 8. The molecule has 0 unspecified atom stereocenters. The number of benzene rings is 2. The quantitative estimate of drug-likeness (QED) is 0.318. The van der Waals surface area contributed by atoms with Crippen molar-refractivity contribution in [2.75, 3.05) is 23.8 Å². The van der Waals surface area contributed by atoms with E-state index in [1.165, 1.54) is 12.3 Å². The Hall–Kier alpha value is -4.73. The van der Waals surface area contributed by atoms with Crippen molar-refractivity contribution in [2.45, 2.75) is 38.5 Å². The maximum absolute atomic E-state index is 12.7. The van der Waals surface area contributed by atoms with E-state index in [4.69, 9.17) is 10.5 Å². The summed E-state index contributed by atoms with van der Waals surface area (Å²) in [6, 6.07) is 16.0. The van der Waals surface area contributed by atoms with Gasteiger partial charge < -0.3 is 25.6 Å². The highest BCUT2D eigenvalue weighted by atomic mass is 16.5. The number of primary amides is 1. The monoisotopic (exact) mass is 528 g/mol. The number of nitrogens with zero attached hydrogens (tertiary/aromatic N) is 4. The van der Waals surface area contributed by atoms with E-state index in [-0.39, 0.29) is 36.1 Å². The number of carbonyl (C=O) groups is 3. The zero-order chi connectivity index (χ0) is 27.9. The van der Waals surface area contributed by atoms with Crippen LogP contribution in [0, 0.1) is 0 Å². The van der Waals surface area contributed by atoms with Crippen LogP contribution in [-0.4, -0.2) is 58.3 Å². The lowest BCUT2D eigenvalue weighted by atomic mass is 9.96. The number of likely N-dealkylation sites (tertiary alicyclic amines) is 1. The number of rotatable bonds is 9. The first kappa shape index (κ1) is 27.3. The smallest absolute Gasteiger partial charge is 0.338 e. The van der Waals surface area contributed by atoms with Crippen LogP contribution in [0.5, 0.6) is 0 Å². The number of carbonyl (C=O) groups excluding carboxylic acids is 3. The van der Waals surface area contributed by atoms with Crippen LogP contribution in [0.3, 0.4) is 0 Å². The number of anilines is 3. The lowest BCUT2D eigenvalue weighted by molar-refractivity contribution is -0.129. The van der Waals surface area contributed by atoms with Crippen molar-refractivity contribution in [2.24, 2.45) is 5.73 Å². The first-order chi connectivity index (χ1) is 18.8. The minimum Gasteiger partial charge on any atom is -0.457 e. The van der Waals surface area contributed by atoms with Crippen LogP contribution in [0.2, 0.25) is 0 Å². The number of piperidine rings is 1. The Morgan fingerprint density at radius 1 is 1.21 bits per heavy atom. The van der Waals surface area contributed by atoms with Crippen molar-refractivity contribution in [3.63, 3.8) is 0 Å². The molecule has 1 aliphatic heterocycles. The lowest BCUT2D eigenvalue weighted by Crippen LogP contribution is -2.55. The van der Waals surface area contributed by atoms with Gasteiger partial charge in [-0.1, -0.05) is 43.0 Å². The zero-order valence-electron chi connectivity index (χ0n) is 22.0. The van der Waals surface area contributed by atoms with Gasteiger partial charge in [-0.2, -0.15) is 0 Å². The Morgan fingerprint density at radius 2 is 1.97 bits per heavy atom. The van der Waals surface area contributed by atoms with Gasteiger partial charge in [-0.3, -0.25) is 9.59 Å². The van der Waals surface area contributed by atoms with Gasteiger partial charge in [-0.15, -0.1) is 0 Å². The van der Waals surface area contributed by atoms with Gasteiger partial charge in [-0.05, 0) is 49.6 Å². The summed E-state index contributed by atoms with van der Waals surface area (Å²) in [7, 11) is 1.88. The third-order valence-electron chi connectivity index (χ3n) is 6.83. The number of nitrogens with two attached hydrogens (primary N) is 1. The second-order valence-electron chi connectivity index (χ2n) is 9.35. The number of hydrogen-bond donors (Lipinski definition) is 2. The van der Waals surface area contributed by atoms with Crippen LogP contribution >= 0.6 is 0 Å². The van der Waals surface area contributed by atoms with Gasteiger partial charge in [0.1, 0.15) is 12.4 Å². The summed E-state index contributed by atoms with van der Waals surface area (Å²) in [5, 5.41) is 3.08. The van der Waals surface area contributed by atoms with E-state index in [0.29, 0.717) is 23.6 Å². The molecule has 0 aliphatic carbocycles. The van der Waals surface area contributed by atoms with Gasteiger partial charge in [0.2, 0.25) is 5.91 Å². The number of likely N-dealkylation sites (N-methyl/N-ethyl adjacent to an activating group) is 1. The van der Waals surface area contributed by atoms with E-state index in [9.17, 15) is 14.4 Å². The summed E-state index contributed by atoms with van der Waals surface area (Å²) in [5.41, 5.74) is 7.26. The maximum atomic E-state index is 12.7. The molecule has 0 bridgehead atoms. The van der Waals surface area contributed by atoms with Crippen LogP contribution in [0.4, 0.5) is 17.3 Å². The number of esters is 1. The molecule has 3 aromatic rings. The Balaban J connectivity index is 1.54. The molecule has 4 rings (SSSR count). The Bertz CT molecular complexity index is 1360. The van der Waals surface area contributed by atoms with Crippen LogP contribution in [0.1, 0.15) is 46.2 Å². The van der Waals surface area contributed by atoms with Crippen molar-refractivity contribution in [3.05, 3.63) is 90.3 Å².